The van der Waals surface area contributed by atoms with Gasteiger partial charge in [-0.15, -0.1) is 0 Å². The Balaban J connectivity index is 1.79. The second-order valence-electron chi connectivity index (χ2n) is 6.43. The van der Waals surface area contributed by atoms with Gasteiger partial charge in [0, 0.05) is 24.7 Å². The van der Waals surface area contributed by atoms with Crippen LogP contribution in [-0.4, -0.2) is 12.5 Å². The van der Waals surface area contributed by atoms with E-state index in [2.05, 4.69) is 31.3 Å². The smallest absolute Gasteiger partial charge is 0.220 e. The van der Waals surface area contributed by atoms with Crippen molar-refractivity contribution >= 4 is 11.6 Å². The van der Waals surface area contributed by atoms with Gasteiger partial charge in [0.1, 0.15) is 0 Å². The molecule has 0 radical (unpaired) electrons. The predicted octanol–water partition coefficient (Wildman–Crippen LogP) is 3.14. The van der Waals surface area contributed by atoms with Crippen molar-refractivity contribution in [2.24, 2.45) is 5.73 Å². The summed E-state index contributed by atoms with van der Waals surface area (Å²) in [6, 6.07) is 15.7. The summed E-state index contributed by atoms with van der Waals surface area (Å²) in [5.41, 5.74) is 16.1. The molecule has 1 atom stereocenters. The van der Waals surface area contributed by atoms with Crippen molar-refractivity contribution in [3.8, 4) is 0 Å². The molecular formula is C20H27N3O. The van der Waals surface area contributed by atoms with Crippen LogP contribution < -0.4 is 16.8 Å². The lowest BCUT2D eigenvalue weighted by atomic mass is 9.99. The molecule has 4 nitrogen and oxygen atoms in total. The average Bonchev–Trinajstić information content (AvgIpc) is 2.59. The maximum absolute atomic E-state index is 12.0. The molecule has 0 aliphatic rings. The van der Waals surface area contributed by atoms with Gasteiger partial charge >= 0.3 is 0 Å². The van der Waals surface area contributed by atoms with Crippen molar-refractivity contribution in [3.63, 3.8) is 0 Å². The molecule has 2 rings (SSSR count). The molecule has 0 saturated heterocycles. The predicted molar refractivity (Wildman–Crippen MR) is 99.6 cm³/mol. The Morgan fingerprint density at radius 3 is 2.29 bits per heavy atom. The first kappa shape index (κ1) is 18.0. The fraction of sp³-hybridized carbons (Fsp3) is 0.350. The number of benzene rings is 2. The Morgan fingerprint density at radius 2 is 1.67 bits per heavy atom. The fourth-order valence-corrected chi connectivity index (χ4v) is 2.57. The van der Waals surface area contributed by atoms with Crippen LogP contribution in [0.5, 0.6) is 0 Å². The minimum Gasteiger partial charge on any atom is -0.399 e. The summed E-state index contributed by atoms with van der Waals surface area (Å²) >= 11 is 0. The van der Waals surface area contributed by atoms with E-state index in [1.54, 1.807) is 0 Å². The van der Waals surface area contributed by atoms with E-state index in [1.807, 2.05) is 36.4 Å². The molecule has 128 valence electrons. The molecule has 1 amide bonds. The molecule has 1 unspecified atom stereocenters. The SMILES string of the molecule is CC(C)c1ccc(C(N)CNC(=O)CCc2ccccc2N)cc1. The van der Waals surface area contributed by atoms with Gasteiger partial charge in [-0.3, -0.25) is 4.79 Å². The average molecular weight is 325 g/mol. The van der Waals surface area contributed by atoms with E-state index in [9.17, 15) is 4.79 Å². The third-order valence-corrected chi connectivity index (χ3v) is 4.23. The van der Waals surface area contributed by atoms with E-state index in [1.165, 1.54) is 5.56 Å². The van der Waals surface area contributed by atoms with Gasteiger partial charge in [-0.05, 0) is 35.1 Å². The van der Waals surface area contributed by atoms with Crippen LogP contribution >= 0.6 is 0 Å². The summed E-state index contributed by atoms with van der Waals surface area (Å²) in [7, 11) is 0. The van der Waals surface area contributed by atoms with Crippen molar-refractivity contribution in [3.05, 3.63) is 65.2 Å². The second kappa shape index (κ2) is 8.50. The summed E-state index contributed by atoms with van der Waals surface area (Å²) in [5, 5.41) is 2.90. The zero-order valence-electron chi connectivity index (χ0n) is 14.5. The summed E-state index contributed by atoms with van der Waals surface area (Å²) in [6.07, 6.45) is 1.05. The molecule has 4 heteroatoms. The highest BCUT2D eigenvalue weighted by molar-refractivity contribution is 5.76. The lowest BCUT2D eigenvalue weighted by Gasteiger charge is -2.15. The molecule has 0 fully saturated rings. The van der Waals surface area contributed by atoms with Gasteiger partial charge in [-0.2, -0.15) is 0 Å². The van der Waals surface area contributed by atoms with E-state index in [0.29, 0.717) is 25.3 Å². The molecule has 2 aromatic carbocycles. The standard InChI is InChI=1S/C20H27N3O/c1-14(2)15-7-9-17(10-8-15)19(22)13-23-20(24)12-11-16-5-3-4-6-18(16)21/h3-10,14,19H,11-13,21-22H2,1-2H3,(H,23,24). The first-order valence-electron chi connectivity index (χ1n) is 8.43. The van der Waals surface area contributed by atoms with Crippen LogP contribution in [0.4, 0.5) is 5.69 Å². The largest absolute Gasteiger partial charge is 0.399 e. The van der Waals surface area contributed by atoms with Crippen molar-refractivity contribution < 1.29 is 4.79 Å². The van der Waals surface area contributed by atoms with E-state index >= 15 is 0 Å². The Kier molecular flexibility index (Phi) is 6.38. The Hall–Kier alpha value is -2.33. The van der Waals surface area contributed by atoms with E-state index in [0.717, 1.165) is 16.8 Å². The lowest BCUT2D eigenvalue weighted by molar-refractivity contribution is -0.121. The summed E-state index contributed by atoms with van der Waals surface area (Å²) < 4.78 is 0. The number of rotatable bonds is 7. The molecule has 0 aliphatic heterocycles. The number of hydrogen-bond donors (Lipinski definition) is 3. The summed E-state index contributed by atoms with van der Waals surface area (Å²) in [6.45, 7) is 4.76. The molecule has 5 N–H and O–H groups in total. The molecule has 0 heterocycles. The first-order valence-corrected chi connectivity index (χ1v) is 8.43. The minimum absolute atomic E-state index is 0.00694. The third-order valence-electron chi connectivity index (χ3n) is 4.23. The zero-order chi connectivity index (χ0) is 17.5. The highest BCUT2D eigenvalue weighted by Crippen LogP contribution is 2.17. The van der Waals surface area contributed by atoms with Crippen LogP contribution in [-0.2, 0) is 11.2 Å². The Bertz CT molecular complexity index is 665. The van der Waals surface area contributed by atoms with Gasteiger partial charge in [0.2, 0.25) is 5.91 Å². The molecule has 24 heavy (non-hydrogen) atoms. The number of nitrogens with one attached hydrogen (secondary N) is 1. The van der Waals surface area contributed by atoms with Gasteiger partial charge in [0.25, 0.3) is 0 Å². The first-order chi connectivity index (χ1) is 11.5. The molecule has 0 spiro atoms. The number of aryl methyl sites for hydroxylation is 1. The maximum atomic E-state index is 12.0. The van der Waals surface area contributed by atoms with Gasteiger partial charge in [-0.1, -0.05) is 56.3 Å². The number of nitrogen functional groups attached to an aromatic ring is 1. The van der Waals surface area contributed by atoms with E-state index in [4.69, 9.17) is 11.5 Å². The van der Waals surface area contributed by atoms with Gasteiger partial charge in [-0.25, -0.2) is 0 Å². The summed E-state index contributed by atoms with van der Waals surface area (Å²) in [5.74, 6) is 0.493. The number of amides is 1. The van der Waals surface area contributed by atoms with E-state index in [-0.39, 0.29) is 11.9 Å². The van der Waals surface area contributed by atoms with E-state index < -0.39 is 0 Å². The zero-order valence-corrected chi connectivity index (χ0v) is 14.5. The third kappa shape index (κ3) is 5.10. The number of carbonyl (C=O) groups excluding carboxylic acids is 1. The second-order valence-corrected chi connectivity index (χ2v) is 6.43. The van der Waals surface area contributed by atoms with Crippen molar-refractivity contribution in [1.82, 2.24) is 5.32 Å². The molecular weight excluding hydrogens is 298 g/mol. The van der Waals surface area contributed by atoms with Crippen molar-refractivity contribution in [2.45, 2.75) is 38.6 Å². The minimum atomic E-state index is -0.197. The molecule has 0 saturated carbocycles. The van der Waals surface area contributed by atoms with Crippen LogP contribution in [0.2, 0.25) is 0 Å². The molecule has 2 aromatic rings. The number of para-hydroxylation sites is 1. The Morgan fingerprint density at radius 1 is 1.04 bits per heavy atom. The quantitative estimate of drug-likeness (QED) is 0.684. The molecule has 0 bridgehead atoms. The fourth-order valence-electron chi connectivity index (χ4n) is 2.57. The van der Waals surface area contributed by atoms with Crippen LogP contribution in [0.25, 0.3) is 0 Å². The van der Waals surface area contributed by atoms with Crippen molar-refractivity contribution in [2.75, 3.05) is 12.3 Å². The molecule has 0 aromatic heterocycles. The molecule has 0 aliphatic carbocycles. The number of carbonyl (C=O) groups is 1. The maximum Gasteiger partial charge on any atom is 0.220 e. The van der Waals surface area contributed by atoms with Crippen LogP contribution in [0, 0.1) is 0 Å². The van der Waals surface area contributed by atoms with Crippen LogP contribution in [0.3, 0.4) is 0 Å². The topological polar surface area (TPSA) is 81.1 Å². The van der Waals surface area contributed by atoms with Crippen LogP contribution in [0.1, 0.15) is 48.9 Å². The van der Waals surface area contributed by atoms with Crippen LogP contribution in [0.15, 0.2) is 48.5 Å². The Labute approximate surface area is 144 Å². The van der Waals surface area contributed by atoms with Gasteiger partial charge < -0.3 is 16.8 Å². The number of hydrogen-bond acceptors (Lipinski definition) is 3. The monoisotopic (exact) mass is 325 g/mol. The summed E-state index contributed by atoms with van der Waals surface area (Å²) in [4.78, 5) is 12.0. The van der Waals surface area contributed by atoms with Gasteiger partial charge in [0.05, 0.1) is 0 Å². The normalized spacial score (nSPS) is 12.2. The number of anilines is 1. The highest BCUT2D eigenvalue weighted by Gasteiger charge is 2.09. The van der Waals surface area contributed by atoms with Gasteiger partial charge in [0.15, 0.2) is 0 Å². The number of nitrogens with two attached hydrogens (primary N) is 2. The highest BCUT2D eigenvalue weighted by atomic mass is 16.1. The van der Waals surface area contributed by atoms with Crippen molar-refractivity contribution in [1.29, 1.82) is 0 Å². The lowest BCUT2D eigenvalue weighted by Crippen LogP contribution is -2.32.